The molecule has 4 nitrogen and oxygen atoms in total. The molecule has 0 radical (unpaired) electrons. The van der Waals surface area contributed by atoms with Gasteiger partial charge in [-0.15, -0.1) is 0 Å². The quantitative estimate of drug-likeness (QED) is 0.698. The second kappa shape index (κ2) is 5.41. The average Bonchev–Trinajstić information content (AvgIpc) is 2.88. The number of rotatable bonds is 1. The smallest absolute Gasteiger partial charge is 0.238 e. The Kier molecular flexibility index (Phi) is 3.34. The molecule has 1 heterocycles. The molecule has 2 aromatic rings. The average molecular weight is 386 g/mol. The summed E-state index contributed by atoms with van der Waals surface area (Å²) in [6.07, 6.45) is 0.310. The molecule has 4 atom stereocenters. The highest BCUT2D eigenvalue weighted by atomic mass is 35.5. The van der Waals surface area contributed by atoms with E-state index < -0.39 is 17.8 Å². The van der Waals surface area contributed by atoms with E-state index in [9.17, 15) is 14.4 Å². The van der Waals surface area contributed by atoms with E-state index in [1.165, 1.54) is 6.07 Å². The Morgan fingerprint density at radius 3 is 2.31 bits per heavy atom. The van der Waals surface area contributed by atoms with Crippen molar-refractivity contribution < 1.29 is 14.4 Å². The van der Waals surface area contributed by atoms with Crippen molar-refractivity contribution in [3.05, 3.63) is 63.6 Å². The van der Waals surface area contributed by atoms with E-state index in [0.29, 0.717) is 17.1 Å². The Morgan fingerprint density at radius 1 is 0.885 bits per heavy atom. The molecule has 2 amide bonds. The van der Waals surface area contributed by atoms with Gasteiger partial charge in [0.15, 0.2) is 0 Å². The van der Waals surface area contributed by atoms with Gasteiger partial charge in [0, 0.05) is 17.4 Å². The van der Waals surface area contributed by atoms with E-state index in [1.807, 2.05) is 24.3 Å². The van der Waals surface area contributed by atoms with Gasteiger partial charge < -0.3 is 0 Å². The summed E-state index contributed by atoms with van der Waals surface area (Å²) >= 11 is 12.2. The number of anilines is 1. The Bertz CT molecular complexity index is 1000. The predicted molar refractivity (Wildman–Crippen MR) is 97.5 cm³/mol. The van der Waals surface area contributed by atoms with Crippen LogP contribution in [0.3, 0.4) is 0 Å². The second-order valence-electron chi connectivity index (χ2n) is 7.04. The van der Waals surface area contributed by atoms with Gasteiger partial charge in [-0.05, 0) is 29.3 Å². The third-order valence-corrected chi connectivity index (χ3v) is 6.38. The SMILES string of the molecule is O=C1C[C@H]2c3ccccc3[C@H]1[C@H]1C(=O)N(c3ccc(Cl)cc3Cl)C(=O)[C@H]12. The topological polar surface area (TPSA) is 54.5 Å². The Morgan fingerprint density at radius 2 is 1.58 bits per heavy atom. The highest BCUT2D eigenvalue weighted by Crippen LogP contribution is 2.58. The maximum Gasteiger partial charge on any atom is 0.238 e. The minimum Gasteiger partial charge on any atom is -0.299 e. The Labute approximate surface area is 159 Å². The van der Waals surface area contributed by atoms with Gasteiger partial charge in [0.1, 0.15) is 5.78 Å². The van der Waals surface area contributed by atoms with Crippen LogP contribution in [0, 0.1) is 11.8 Å². The lowest BCUT2D eigenvalue weighted by molar-refractivity contribution is -0.134. The zero-order chi connectivity index (χ0) is 18.2. The van der Waals surface area contributed by atoms with Crippen LogP contribution >= 0.6 is 23.2 Å². The monoisotopic (exact) mass is 385 g/mol. The maximum absolute atomic E-state index is 13.2. The molecule has 26 heavy (non-hydrogen) atoms. The minimum atomic E-state index is -0.643. The summed E-state index contributed by atoms with van der Waals surface area (Å²) in [5, 5.41) is 0.673. The van der Waals surface area contributed by atoms with Crippen molar-refractivity contribution in [2.24, 2.45) is 11.8 Å². The van der Waals surface area contributed by atoms with Gasteiger partial charge >= 0.3 is 0 Å². The molecule has 2 bridgehead atoms. The van der Waals surface area contributed by atoms with Crippen LogP contribution in [0.5, 0.6) is 0 Å². The van der Waals surface area contributed by atoms with Crippen molar-refractivity contribution in [2.75, 3.05) is 4.90 Å². The summed E-state index contributed by atoms with van der Waals surface area (Å²) < 4.78 is 0. The number of nitrogens with zero attached hydrogens (tertiary/aromatic N) is 1. The number of fused-ring (bicyclic) bond motifs is 1. The first-order valence-electron chi connectivity index (χ1n) is 8.43. The molecule has 1 aliphatic heterocycles. The normalized spacial score (nSPS) is 29.2. The largest absolute Gasteiger partial charge is 0.299 e. The number of amides is 2. The molecule has 6 rings (SSSR count). The maximum atomic E-state index is 13.2. The molecule has 2 aromatic carbocycles. The van der Waals surface area contributed by atoms with Gasteiger partial charge in [0.05, 0.1) is 28.5 Å². The zero-order valence-electron chi connectivity index (χ0n) is 13.5. The summed E-state index contributed by atoms with van der Waals surface area (Å²) in [7, 11) is 0. The zero-order valence-corrected chi connectivity index (χ0v) is 15.0. The van der Waals surface area contributed by atoms with E-state index in [-0.39, 0.29) is 28.5 Å². The molecular formula is C20H13Cl2NO3. The van der Waals surface area contributed by atoms with Crippen molar-refractivity contribution in [1.82, 2.24) is 0 Å². The number of carbonyl (C=O) groups is 3. The van der Waals surface area contributed by atoms with Gasteiger partial charge in [0.25, 0.3) is 0 Å². The van der Waals surface area contributed by atoms with Crippen molar-refractivity contribution in [1.29, 1.82) is 0 Å². The molecule has 2 fully saturated rings. The molecule has 1 saturated carbocycles. The molecule has 1 saturated heterocycles. The number of hydrogen-bond acceptors (Lipinski definition) is 3. The number of Topliss-reactive ketones (excluding diaryl/α,β-unsaturated/α-hetero) is 1. The highest BCUT2D eigenvalue weighted by Gasteiger charge is 2.62. The first-order chi connectivity index (χ1) is 12.5. The number of benzene rings is 2. The van der Waals surface area contributed by atoms with Crippen molar-refractivity contribution in [2.45, 2.75) is 18.3 Å². The molecular weight excluding hydrogens is 373 g/mol. The van der Waals surface area contributed by atoms with E-state index in [4.69, 9.17) is 23.2 Å². The number of ketones is 1. The van der Waals surface area contributed by atoms with Gasteiger partial charge in [-0.2, -0.15) is 0 Å². The Balaban J connectivity index is 1.66. The summed E-state index contributed by atoms with van der Waals surface area (Å²) in [6.45, 7) is 0. The van der Waals surface area contributed by atoms with Crippen LogP contribution in [0.1, 0.15) is 29.4 Å². The van der Waals surface area contributed by atoms with Crippen LogP contribution < -0.4 is 4.90 Å². The van der Waals surface area contributed by atoms with Gasteiger partial charge in [0.2, 0.25) is 11.8 Å². The van der Waals surface area contributed by atoms with Gasteiger partial charge in [-0.3, -0.25) is 14.4 Å². The van der Waals surface area contributed by atoms with Crippen LogP contribution in [0.15, 0.2) is 42.5 Å². The van der Waals surface area contributed by atoms with Crippen molar-refractivity contribution >= 4 is 46.5 Å². The number of carbonyl (C=O) groups excluding carboxylic acids is 3. The van der Waals surface area contributed by atoms with E-state index >= 15 is 0 Å². The number of hydrogen-bond donors (Lipinski definition) is 0. The predicted octanol–water partition coefficient (Wildman–Crippen LogP) is 3.95. The van der Waals surface area contributed by atoms with Crippen LogP contribution in [-0.2, 0) is 14.4 Å². The fourth-order valence-corrected chi connectivity index (χ4v) is 5.35. The molecule has 130 valence electrons. The third-order valence-electron chi connectivity index (χ3n) is 5.84. The van der Waals surface area contributed by atoms with E-state index in [0.717, 1.165) is 16.0 Å². The molecule has 0 N–H and O–H groups in total. The highest BCUT2D eigenvalue weighted by molar-refractivity contribution is 6.38. The minimum absolute atomic E-state index is 0.0418. The summed E-state index contributed by atoms with van der Waals surface area (Å²) in [4.78, 5) is 40.2. The van der Waals surface area contributed by atoms with Crippen LogP contribution in [-0.4, -0.2) is 17.6 Å². The lowest BCUT2D eigenvalue weighted by Gasteiger charge is -2.43. The van der Waals surface area contributed by atoms with E-state index in [2.05, 4.69) is 0 Å². The van der Waals surface area contributed by atoms with Gasteiger partial charge in [-0.1, -0.05) is 47.5 Å². The second-order valence-corrected chi connectivity index (χ2v) is 7.89. The number of halogens is 2. The van der Waals surface area contributed by atoms with Crippen molar-refractivity contribution in [3.63, 3.8) is 0 Å². The summed E-state index contributed by atoms with van der Waals surface area (Å²) in [5.74, 6) is -2.53. The fourth-order valence-electron chi connectivity index (χ4n) is 4.86. The first kappa shape index (κ1) is 16.0. The molecule has 6 heteroatoms. The Hall–Kier alpha value is -2.17. The van der Waals surface area contributed by atoms with Crippen LogP contribution in [0.4, 0.5) is 5.69 Å². The lowest BCUT2D eigenvalue weighted by atomic mass is 9.56. The van der Waals surface area contributed by atoms with Crippen molar-refractivity contribution in [3.8, 4) is 0 Å². The van der Waals surface area contributed by atoms with Gasteiger partial charge in [-0.25, -0.2) is 4.90 Å². The third kappa shape index (κ3) is 1.94. The van der Waals surface area contributed by atoms with Crippen LogP contribution in [0.25, 0.3) is 0 Å². The van der Waals surface area contributed by atoms with Crippen LogP contribution in [0.2, 0.25) is 10.0 Å². The molecule has 0 aromatic heterocycles. The first-order valence-corrected chi connectivity index (χ1v) is 9.19. The molecule has 3 aliphatic carbocycles. The molecule has 0 spiro atoms. The molecule has 0 unspecified atom stereocenters. The number of imide groups is 1. The summed E-state index contributed by atoms with van der Waals surface area (Å²) in [5.41, 5.74) is 2.24. The van der Waals surface area contributed by atoms with E-state index in [1.54, 1.807) is 12.1 Å². The molecule has 4 aliphatic rings. The summed E-state index contributed by atoms with van der Waals surface area (Å²) in [6, 6.07) is 12.3. The standard InChI is InChI=1S/C20H13Cl2NO3/c21-9-5-6-14(13(22)7-9)23-19(25)17-12-8-15(24)16(18(17)20(23)26)11-4-2-1-3-10(11)12/h1-7,12,16-18H,8H2/t12-,16+,17-,18+/m0/s1. The fraction of sp³-hybridized carbons (Fsp3) is 0.250. The lowest BCUT2D eigenvalue weighted by Crippen LogP contribution is -2.44.